The molecule has 7 rings (SSSR count). The molecule has 0 amide bonds. The van der Waals surface area contributed by atoms with E-state index in [0.29, 0.717) is 11.8 Å². The van der Waals surface area contributed by atoms with Crippen LogP contribution < -0.4 is 24.8 Å². The molecular formula is C35H30Cl2S2Zr. The topological polar surface area (TPSA) is 0 Å². The van der Waals surface area contributed by atoms with E-state index in [1.54, 1.807) is 28.9 Å². The summed E-state index contributed by atoms with van der Waals surface area (Å²) in [7, 11) is 0. The number of thiocarbonyl (C=S) groups is 2. The molecule has 1 heterocycles. The molecule has 0 aromatic heterocycles. The normalized spacial score (nSPS) is 23.3. The molecule has 1 aliphatic heterocycles. The fourth-order valence-corrected chi connectivity index (χ4v) is 13.1. The number of hydrogen-bond donors (Lipinski definition) is 0. The van der Waals surface area contributed by atoms with Gasteiger partial charge in [0.15, 0.2) is 0 Å². The van der Waals surface area contributed by atoms with Crippen LogP contribution in [0, 0.1) is 11.8 Å². The molecule has 4 bridgehead atoms. The molecule has 2 aromatic rings. The average molecular weight is 677 g/mol. The van der Waals surface area contributed by atoms with Gasteiger partial charge in [-0.2, -0.15) is 0 Å². The van der Waals surface area contributed by atoms with Crippen LogP contribution in [0.3, 0.4) is 0 Å². The molecule has 4 aliphatic carbocycles. The molecule has 0 N–H and O–H groups in total. The summed E-state index contributed by atoms with van der Waals surface area (Å²) < 4.78 is 3.33. The maximum Gasteiger partial charge on any atom is -1.00 e. The fourth-order valence-electron chi connectivity index (χ4n) is 7.54. The Hall–Kier alpha value is -1.48. The summed E-state index contributed by atoms with van der Waals surface area (Å²) in [6, 6.07) is 22.3. The Morgan fingerprint density at radius 2 is 0.925 bits per heavy atom. The van der Waals surface area contributed by atoms with Crippen LogP contribution in [0.1, 0.15) is 58.1 Å². The van der Waals surface area contributed by atoms with Crippen molar-refractivity contribution < 1.29 is 48.0 Å². The SMILES string of the molecule is CC1=[C]2[Zr+2][C]3=C(C)C(=S)C4=C(C)C(=C(c5ccccc5)C34)CCCC3=C(c4ccccc4)C2C(=C3C)C1=S.[Cl-].[Cl-]. The van der Waals surface area contributed by atoms with Gasteiger partial charge in [0.25, 0.3) is 0 Å². The fraction of sp³-hybridized carbons (Fsp3) is 0.257. The van der Waals surface area contributed by atoms with Crippen LogP contribution in [0.2, 0.25) is 0 Å². The molecular weight excluding hydrogens is 647 g/mol. The summed E-state index contributed by atoms with van der Waals surface area (Å²) in [4.78, 5) is 2.25. The van der Waals surface area contributed by atoms with E-state index in [9.17, 15) is 0 Å². The predicted molar refractivity (Wildman–Crippen MR) is 164 cm³/mol. The van der Waals surface area contributed by atoms with Crippen molar-refractivity contribution in [1.82, 2.24) is 0 Å². The van der Waals surface area contributed by atoms with Gasteiger partial charge in [-0.15, -0.1) is 0 Å². The first-order valence-corrected chi connectivity index (χ1v) is 16.9. The first kappa shape index (κ1) is 30.0. The zero-order valence-corrected chi connectivity index (χ0v) is 28.7. The molecule has 0 saturated carbocycles. The van der Waals surface area contributed by atoms with E-state index in [0.717, 1.165) is 29.0 Å². The molecule has 5 heteroatoms. The minimum Gasteiger partial charge on any atom is -1.00 e. The number of benzene rings is 2. The summed E-state index contributed by atoms with van der Waals surface area (Å²) >= 11 is 11.2. The average Bonchev–Trinajstić information content (AvgIpc) is 3.55. The van der Waals surface area contributed by atoms with Crippen molar-refractivity contribution in [3.05, 3.63) is 123 Å². The molecule has 0 spiro atoms. The van der Waals surface area contributed by atoms with Gasteiger partial charge < -0.3 is 24.8 Å². The van der Waals surface area contributed by atoms with E-state index >= 15 is 0 Å². The second-order valence-corrected chi connectivity index (χ2v) is 15.3. The van der Waals surface area contributed by atoms with E-state index in [1.165, 1.54) is 44.6 Å². The molecule has 40 heavy (non-hydrogen) atoms. The van der Waals surface area contributed by atoms with Crippen molar-refractivity contribution in [1.29, 1.82) is 0 Å². The minimum absolute atomic E-state index is 0. The Morgan fingerprint density at radius 3 is 1.30 bits per heavy atom. The molecule has 0 radical (unpaired) electrons. The number of allylic oxidation sites excluding steroid dienone is 12. The van der Waals surface area contributed by atoms with Gasteiger partial charge in [-0.05, 0) is 0 Å². The van der Waals surface area contributed by atoms with E-state index in [1.807, 2.05) is 0 Å². The Balaban J connectivity index is 0.00000161. The third-order valence-electron chi connectivity index (χ3n) is 9.37. The van der Waals surface area contributed by atoms with E-state index in [-0.39, 0.29) is 24.8 Å². The molecule has 0 saturated heterocycles. The number of halogens is 2. The van der Waals surface area contributed by atoms with Gasteiger partial charge in [-0.3, -0.25) is 0 Å². The van der Waals surface area contributed by atoms with E-state index in [4.69, 9.17) is 24.4 Å². The van der Waals surface area contributed by atoms with Crippen LogP contribution in [-0.4, -0.2) is 9.73 Å². The number of rotatable bonds is 2. The summed E-state index contributed by atoms with van der Waals surface area (Å²) in [6.45, 7) is 9.31. The van der Waals surface area contributed by atoms with Crippen LogP contribution in [0.25, 0.3) is 11.1 Å². The summed E-state index contributed by atoms with van der Waals surface area (Å²) in [5.74, 6) is 0.693. The summed E-state index contributed by atoms with van der Waals surface area (Å²) in [5, 5.41) is 0. The molecule has 2 atom stereocenters. The van der Waals surface area contributed by atoms with Gasteiger partial charge in [0.1, 0.15) is 0 Å². The Kier molecular flexibility index (Phi) is 8.48. The van der Waals surface area contributed by atoms with Crippen molar-refractivity contribution in [2.75, 3.05) is 0 Å². The van der Waals surface area contributed by atoms with Gasteiger partial charge >= 0.3 is 250 Å². The van der Waals surface area contributed by atoms with Crippen molar-refractivity contribution >= 4 is 45.3 Å². The Labute approximate surface area is 272 Å². The van der Waals surface area contributed by atoms with E-state index in [2.05, 4.69) is 88.4 Å². The largest absolute Gasteiger partial charge is 1.00 e. The Bertz CT molecular complexity index is 1540. The van der Waals surface area contributed by atoms with Crippen LogP contribution in [0.4, 0.5) is 0 Å². The van der Waals surface area contributed by atoms with Gasteiger partial charge in [0.05, 0.1) is 0 Å². The van der Waals surface area contributed by atoms with Crippen LogP contribution in [-0.2, 0) is 23.2 Å². The van der Waals surface area contributed by atoms with Gasteiger partial charge in [-0.25, -0.2) is 0 Å². The number of hydrogen-bond acceptors (Lipinski definition) is 2. The maximum atomic E-state index is 6.21. The monoisotopic (exact) mass is 674 g/mol. The summed E-state index contributed by atoms with van der Waals surface area (Å²) in [6.07, 6.45) is 3.34. The van der Waals surface area contributed by atoms with Crippen molar-refractivity contribution in [2.45, 2.75) is 47.0 Å². The molecule has 0 fully saturated rings. The van der Waals surface area contributed by atoms with Crippen LogP contribution in [0.15, 0.2) is 112 Å². The van der Waals surface area contributed by atoms with Crippen molar-refractivity contribution in [3.63, 3.8) is 0 Å². The minimum atomic E-state index is -1.18. The zero-order valence-electron chi connectivity index (χ0n) is 23.1. The molecule has 200 valence electrons. The van der Waals surface area contributed by atoms with Crippen LogP contribution in [0.5, 0.6) is 0 Å². The Morgan fingerprint density at radius 1 is 0.550 bits per heavy atom. The standard InChI is InChI=1S/C35H30S2.2ClH.Zr/c1-20-18-28-30(34(20)36)22(3)26(32(28)24-12-7-5-8-13-24)16-11-17-27-23(4)31-29(19-21(2)35(31)37)33(27)25-14-9-6-10-15-25;;;/h5-10,12-15,28-29H,11,16-17H2,1-4H3;2*1H;/q;;;+2/p-2. The zero-order chi connectivity index (χ0) is 26.3. The smallest absolute Gasteiger partial charge is 1.00 e. The third kappa shape index (κ3) is 4.22. The van der Waals surface area contributed by atoms with Crippen molar-refractivity contribution in [3.8, 4) is 0 Å². The summed E-state index contributed by atoms with van der Waals surface area (Å²) in [5.41, 5.74) is 17.5. The first-order valence-electron chi connectivity index (χ1n) is 13.7. The third-order valence-corrected chi connectivity index (χ3v) is 15.0. The molecule has 2 unspecified atom stereocenters. The quantitative estimate of drug-likeness (QED) is 0.448. The van der Waals surface area contributed by atoms with Crippen LogP contribution >= 0.6 is 24.4 Å². The first-order chi connectivity index (χ1) is 18.4. The van der Waals surface area contributed by atoms with Gasteiger partial charge in [-0.1, -0.05) is 0 Å². The molecule has 0 nitrogen and oxygen atoms in total. The molecule has 5 aliphatic rings. The van der Waals surface area contributed by atoms with Gasteiger partial charge in [0.2, 0.25) is 0 Å². The van der Waals surface area contributed by atoms with Gasteiger partial charge in [0, 0.05) is 0 Å². The second-order valence-electron chi connectivity index (χ2n) is 11.2. The second kappa shape index (κ2) is 11.3. The molecule has 2 aromatic carbocycles. The predicted octanol–water partition coefficient (Wildman–Crippen LogP) is 3.38. The van der Waals surface area contributed by atoms with Crippen molar-refractivity contribution in [2.24, 2.45) is 11.8 Å². The van der Waals surface area contributed by atoms with E-state index < -0.39 is 23.2 Å². The maximum absolute atomic E-state index is 6.21.